The van der Waals surface area contributed by atoms with Crippen molar-refractivity contribution >= 4 is 21.9 Å². The van der Waals surface area contributed by atoms with Crippen molar-refractivity contribution in [3.8, 4) is 5.75 Å². The summed E-state index contributed by atoms with van der Waals surface area (Å²) in [5, 5.41) is 9.49. The van der Waals surface area contributed by atoms with Crippen LogP contribution in [0.4, 0.5) is 8.78 Å². The van der Waals surface area contributed by atoms with E-state index in [1.54, 1.807) is 0 Å². The number of halogens is 3. The normalized spacial score (nSPS) is 10.6. The van der Waals surface area contributed by atoms with Crippen LogP contribution in [-0.4, -0.2) is 23.2 Å². The highest BCUT2D eigenvalue weighted by Crippen LogP contribution is 2.30. The molecule has 0 bridgehead atoms. The molecule has 1 heterocycles. The Kier molecular flexibility index (Phi) is 4.17. The van der Waals surface area contributed by atoms with Gasteiger partial charge >= 0.3 is 5.97 Å². The van der Waals surface area contributed by atoms with E-state index in [-0.39, 0.29) is 22.3 Å². The molecule has 1 aromatic heterocycles. The monoisotopic (exact) mass is 295 g/mol. The Morgan fingerprint density at radius 2 is 2.31 bits per heavy atom. The first-order valence-electron chi connectivity index (χ1n) is 4.19. The zero-order valence-electron chi connectivity index (χ0n) is 8.21. The van der Waals surface area contributed by atoms with Crippen LogP contribution in [0.25, 0.3) is 0 Å². The van der Waals surface area contributed by atoms with Gasteiger partial charge in [-0.25, -0.2) is 13.8 Å². The summed E-state index contributed by atoms with van der Waals surface area (Å²) in [7, 11) is 1.17. The number of hydrogen-bond donors (Lipinski definition) is 1. The van der Waals surface area contributed by atoms with Crippen molar-refractivity contribution in [3.05, 3.63) is 21.9 Å². The summed E-state index contributed by atoms with van der Waals surface area (Å²) in [6.07, 6.45) is -3.06. The van der Waals surface area contributed by atoms with Gasteiger partial charge in [-0.1, -0.05) is 0 Å². The number of esters is 1. The van der Waals surface area contributed by atoms with Crippen molar-refractivity contribution in [2.75, 3.05) is 7.11 Å². The lowest BCUT2D eigenvalue weighted by Crippen LogP contribution is -2.06. The van der Waals surface area contributed by atoms with E-state index in [0.717, 1.165) is 6.07 Å². The van der Waals surface area contributed by atoms with Gasteiger partial charge in [-0.05, 0) is 22.0 Å². The smallest absolute Gasteiger partial charge is 0.310 e. The summed E-state index contributed by atoms with van der Waals surface area (Å²) in [4.78, 5) is 14.4. The molecule has 0 atom stereocenters. The van der Waals surface area contributed by atoms with Crippen molar-refractivity contribution in [2.24, 2.45) is 0 Å². The van der Waals surface area contributed by atoms with E-state index in [1.165, 1.54) is 7.11 Å². The highest BCUT2D eigenvalue weighted by molar-refractivity contribution is 9.10. The van der Waals surface area contributed by atoms with Crippen LogP contribution < -0.4 is 0 Å². The Morgan fingerprint density at radius 1 is 1.69 bits per heavy atom. The Labute approximate surface area is 98.4 Å². The number of carbonyl (C=O) groups is 1. The van der Waals surface area contributed by atoms with Crippen LogP contribution in [0.15, 0.2) is 10.7 Å². The molecule has 0 aliphatic carbocycles. The van der Waals surface area contributed by atoms with Crippen LogP contribution in [0, 0.1) is 0 Å². The average molecular weight is 296 g/mol. The number of nitrogens with zero attached hydrogens (tertiary/aromatic N) is 1. The number of carbonyl (C=O) groups excluding carboxylic acids is 1. The number of hydrogen-bond acceptors (Lipinski definition) is 4. The number of methoxy groups -OCH3 is 1. The number of ether oxygens (including phenoxy) is 1. The number of rotatable bonds is 3. The Hall–Kier alpha value is -1.24. The fourth-order valence-electron chi connectivity index (χ4n) is 1.05. The molecule has 0 aliphatic heterocycles. The summed E-state index contributed by atoms with van der Waals surface area (Å²) < 4.78 is 29.0. The van der Waals surface area contributed by atoms with Gasteiger partial charge in [0.25, 0.3) is 6.43 Å². The van der Waals surface area contributed by atoms with Gasteiger partial charge in [0, 0.05) is 5.56 Å². The van der Waals surface area contributed by atoms with E-state index in [1.807, 2.05) is 0 Å². The average Bonchev–Trinajstić information content (AvgIpc) is 2.23. The van der Waals surface area contributed by atoms with Crippen molar-refractivity contribution in [1.29, 1.82) is 0 Å². The molecule has 1 N–H and O–H groups in total. The fourth-order valence-corrected chi connectivity index (χ4v) is 1.51. The lowest BCUT2D eigenvalue weighted by molar-refractivity contribution is -0.139. The lowest BCUT2D eigenvalue weighted by atomic mass is 10.1. The van der Waals surface area contributed by atoms with E-state index in [4.69, 9.17) is 0 Å². The molecule has 7 heteroatoms. The maximum absolute atomic E-state index is 12.4. The highest BCUT2D eigenvalue weighted by atomic mass is 79.9. The molecule has 0 radical (unpaired) electrons. The molecule has 0 unspecified atom stereocenters. The molecular formula is C9H8BrF2NO3. The molecule has 1 rings (SSSR count). The zero-order valence-corrected chi connectivity index (χ0v) is 9.79. The molecule has 88 valence electrons. The number of pyridine rings is 1. The molecule has 0 saturated heterocycles. The Morgan fingerprint density at radius 3 is 2.81 bits per heavy atom. The van der Waals surface area contributed by atoms with Crippen molar-refractivity contribution in [1.82, 2.24) is 4.98 Å². The molecule has 0 amide bonds. The minimum atomic E-state index is -2.77. The van der Waals surface area contributed by atoms with E-state index in [9.17, 15) is 18.7 Å². The minimum Gasteiger partial charge on any atom is -0.505 e. The summed E-state index contributed by atoms with van der Waals surface area (Å²) in [5.41, 5.74) is -0.465. The first-order valence-corrected chi connectivity index (χ1v) is 4.98. The predicted octanol–water partition coefficient (Wildman–Crippen LogP) is 2.20. The van der Waals surface area contributed by atoms with E-state index >= 15 is 0 Å². The molecule has 4 nitrogen and oxygen atoms in total. The SMILES string of the molecule is COC(=O)Cc1cc(C(F)F)nc(Br)c1O. The maximum atomic E-state index is 12.4. The van der Waals surface area contributed by atoms with Crippen LogP contribution in [0.2, 0.25) is 0 Å². The van der Waals surface area contributed by atoms with Crippen LogP contribution >= 0.6 is 15.9 Å². The molecule has 0 spiro atoms. The molecule has 1 aromatic rings. The van der Waals surface area contributed by atoms with Gasteiger partial charge in [-0.3, -0.25) is 4.79 Å². The van der Waals surface area contributed by atoms with E-state index < -0.39 is 18.1 Å². The van der Waals surface area contributed by atoms with E-state index in [2.05, 4.69) is 25.7 Å². The quantitative estimate of drug-likeness (QED) is 0.686. The third kappa shape index (κ3) is 2.88. The topological polar surface area (TPSA) is 59.4 Å². The second-order valence-electron chi connectivity index (χ2n) is 2.90. The summed E-state index contributed by atoms with van der Waals surface area (Å²) in [6, 6.07) is 0.974. The predicted molar refractivity (Wildman–Crippen MR) is 54.3 cm³/mol. The van der Waals surface area contributed by atoms with Gasteiger partial charge in [0.2, 0.25) is 0 Å². The first-order chi connectivity index (χ1) is 7.45. The first kappa shape index (κ1) is 12.8. The van der Waals surface area contributed by atoms with Crippen molar-refractivity contribution in [3.63, 3.8) is 0 Å². The van der Waals surface area contributed by atoms with Crippen LogP contribution in [-0.2, 0) is 16.0 Å². The van der Waals surface area contributed by atoms with Crippen LogP contribution in [0.1, 0.15) is 17.7 Å². The fraction of sp³-hybridized carbons (Fsp3) is 0.333. The number of alkyl halides is 2. The highest BCUT2D eigenvalue weighted by Gasteiger charge is 2.17. The zero-order chi connectivity index (χ0) is 12.3. The second kappa shape index (κ2) is 5.20. The van der Waals surface area contributed by atoms with Crippen LogP contribution in [0.5, 0.6) is 5.75 Å². The largest absolute Gasteiger partial charge is 0.505 e. The van der Waals surface area contributed by atoms with Gasteiger partial charge in [-0.15, -0.1) is 0 Å². The number of aromatic hydroxyl groups is 1. The van der Waals surface area contributed by atoms with Gasteiger partial charge in [0.15, 0.2) is 5.75 Å². The van der Waals surface area contributed by atoms with Gasteiger partial charge < -0.3 is 9.84 Å². The summed E-state index contributed by atoms with van der Waals surface area (Å²) in [5.74, 6) is -0.969. The van der Waals surface area contributed by atoms with E-state index in [0.29, 0.717) is 0 Å². The molecule has 0 fully saturated rings. The third-order valence-corrected chi connectivity index (χ3v) is 2.39. The van der Waals surface area contributed by atoms with Gasteiger partial charge in [-0.2, -0.15) is 0 Å². The molecule has 0 aromatic carbocycles. The molecule has 0 saturated carbocycles. The summed E-state index contributed by atoms with van der Waals surface area (Å²) >= 11 is 2.83. The maximum Gasteiger partial charge on any atom is 0.310 e. The van der Waals surface area contributed by atoms with Gasteiger partial charge in [0.1, 0.15) is 10.3 Å². The van der Waals surface area contributed by atoms with Crippen LogP contribution in [0.3, 0.4) is 0 Å². The van der Waals surface area contributed by atoms with Crippen molar-refractivity contribution < 1.29 is 23.4 Å². The summed E-state index contributed by atoms with van der Waals surface area (Å²) in [6.45, 7) is 0. The van der Waals surface area contributed by atoms with Crippen molar-refractivity contribution in [2.45, 2.75) is 12.8 Å². The minimum absolute atomic E-state index is 0.0454. The molecular weight excluding hydrogens is 288 g/mol. The number of aromatic nitrogens is 1. The Bertz CT molecular complexity index is 412. The second-order valence-corrected chi connectivity index (χ2v) is 3.65. The third-order valence-electron chi connectivity index (χ3n) is 1.83. The molecule has 16 heavy (non-hydrogen) atoms. The lowest BCUT2D eigenvalue weighted by Gasteiger charge is -2.07. The molecule has 0 aliphatic rings. The Balaban J connectivity index is 3.11. The standard InChI is InChI=1S/C9H8BrF2NO3/c1-16-6(14)3-4-2-5(9(11)12)13-8(10)7(4)15/h2,9,15H,3H2,1H3. The van der Waals surface area contributed by atoms with Gasteiger partial charge in [0.05, 0.1) is 13.5 Å².